The summed E-state index contributed by atoms with van der Waals surface area (Å²) in [5.74, 6) is -0.452. The van der Waals surface area contributed by atoms with Crippen LogP contribution in [0.4, 0.5) is 0 Å². The molecule has 1 aromatic rings. The molecule has 0 saturated heterocycles. The summed E-state index contributed by atoms with van der Waals surface area (Å²) in [5.41, 5.74) is 1.04. The predicted octanol–water partition coefficient (Wildman–Crippen LogP) is 4.59. The van der Waals surface area contributed by atoms with Crippen molar-refractivity contribution in [2.75, 3.05) is 0 Å². The molecule has 0 aliphatic rings. The number of hydrogen-bond donors (Lipinski definition) is 0. The number of rotatable bonds is 6. The molecular formula is C16H28O3Si2. The Hall–Kier alpha value is -0.916. The van der Waals surface area contributed by atoms with Crippen molar-refractivity contribution < 1.29 is 13.6 Å². The first-order valence-corrected chi connectivity index (χ1v) is 14.3. The Morgan fingerprint density at radius 3 is 1.90 bits per heavy atom. The molecule has 0 aliphatic heterocycles. The van der Waals surface area contributed by atoms with E-state index in [1.807, 2.05) is 56.9 Å². The molecular weight excluding hydrogens is 296 g/mol. The molecule has 0 radical (unpaired) electrons. The van der Waals surface area contributed by atoms with Gasteiger partial charge in [-0.15, -0.1) is 0 Å². The van der Waals surface area contributed by atoms with E-state index in [0.717, 1.165) is 5.56 Å². The Labute approximate surface area is 130 Å². The van der Waals surface area contributed by atoms with Gasteiger partial charge in [-0.05, 0) is 51.8 Å². The van der Waals surface area contributed by atoms with Crippen molar-refractivity contribution in [1.29, 1.82) is 0 Å². The molecule has 0 N–H and O–H groups in total. The summed E-state index contributed by atoms with van der Waals surface area (Å²) in [6.45, 7) is 14.4. The lowest BCUT2D eigenvalue weighted by atomic mass is 9.98. The monoisotopic (exact) mass is 324 g/mol. The molecule has 0 spiro atoms. The molecule has 2 atom stereocenters. The van der Waals surface area contributed by atoms with Crippen LogP contribution in [0.3, 0.4) is 0 Å². The summed E-state index contributed by atoms with van der Waals surface area (Å²) >= 11 is 0. The summed E-state index contributed by atoms with van der Waals surface area (Å²) in [6.07, 6.45) is -0.235. The fourth-order valence-corrected chi connectivity index (χ4v) is 3.89. The van der Waals surface area contributed by atoms with Gasteiger partial charge in [-0.2, -0.15) is 0 Å². The second kappa shape index (κ2) is 6.90. The van der Waals surface area contributed by atoms with Gasteiger partial charge >= 0.3 is 0 Å². The van der Waals surface area contributed by atoms with Gasteiger partial charge in [0.1, 0.15) is 0 Å². The zero-order valence-electron chi connectivity index (χ0n) is 14.3. The normalized spacial score (nSPS) is 15.4. The molecule has 0 aromatic heterocycles. The highest BCUT2D eigenvalue weighted by Gasteiger charge is 2.33. The summed E-state index contributed by atoms with van der Waals surface area (Å²) in [4.78, 5) is 12.4. The fourth-order valence-electron chi connectivity index (χ4n) is 2.00. The molecule has 0 aliphatic carbocycles. The van der Waals surface area contributed by atoms with Crippen LogP contribution in [0.1, 0.15) is 18.6 Å². The maximum absolute atomic E-state index is 12.4. The van der Waals surface area contributed by atoms with Gasteiger partial charge in [0.05, 0.1) is 12.0 Å². The van der Waals surface area contributed by atoms with E-state index in [1.165, 1.54) is 0 Å². The smallest absolute Gasteiger partial charge is 0.298 e. The van der Waals surface area contributed by atoms with E-state index in [4.69, 9.17) is 8.85 Å². The molecule has 0 bridgehead atoms. The zero-order chi connectivity index (χ0) is 16.3. The average Bonchev–Trinajstić information content (AvgIpc) is 2.33. The van der Waals surface area contributed by atoms with Crippen LogP contribution in [0.5, 0.6) is 0 Å². The van der Waals surface area contributed by atoms with Gasteiger partial charge < -0.3 is 8.85 Å². The Morgan fingerprint density at radius 2 is 1.48 bits per heavy atom. The number of hydrogen-bond acceptors (Lipinski definition) is 3. The third kappa shape index (κ3) is 6.58. The summed E-state index contributed by atoms with van der Waals surface area (Å²) in [7, 11) is -3.65. The maximum atomic E-state index is 12.4. The Morgan fingerprint density at radius 1 is 0.952 bits per heavy atom. The molecule has 0 unspecified atom stereocenters. The van der Waals surface area contributed by atoms with Crippen LogP contribution in [0.25, 0.3) is 0 Å². The van der Waals surface area contributed by atoms with E-state index in [9.17, 15) is 4.79 Å². The van der Waals surface area contributed by atoms with Crippen LogP contribution in [-0.2, 0) is 13.6 Å². The van der Waals surface area contributed by atoms with Gasteiger partial charge in [0.2, 0.25) is 8.32 Å². The third-order valence-electron chi connectivity index (χ3n) is 2.84. The minimum absolute atomic E-state index is 0.152. The first kappa shape index (κ1) is 18.1. The van der Waals surface area contributed by atoms with Crippen molar-refractivity contribution in [2.24, 2.45) is 5.92 Å². The molecule has 0 saturated carbocycles. The lowest BCUT2D eigenvalue weighted by Gasteiger charge is -2.31. The molecule has 118 valence electrons. The van der Waals surface area contributed by atoms with Gasteiger partial charge in [-0.3, -0.25) is 4.79 Å². The van der Waals surface area contributed by atoms with E-state index < -0.39 is 16.6 Å². The van der Waals surface area contributed by atoms with Crippen molar-refractivity contribution in [2.45, 2.75) is 52.3 Å². The van der Waals surface area contributed by atoms with E-state index in [-0.39, 0.29) is 18.0 Å². The second-order valence-corrected chi connectivity index (χ2v) is 16.3. The predicted molar refractivity (Wildman–Crippen MR) is 92.2 cm³/mol. The average molecular weight is 325 g/mol. The largest absolute Gasteiger partial charge is 0.520 e. The number of carbonyl (C=O) groups is 1. The molecule has 0 heterocycles. The van der Waals surface area contributed by atoms with Crippen LogP contribution in [-0.4, -0.2) is 22.6 Å². The van der Waals surface area contributed by atoms with Crippen LogP contribution in [0.2, 0.25) is 39.3 Å². The topological polar surface area (TPSA) is 35.5 Å². The summed E-state index contributed by atoms with van der Waals surface area (Å²) in [6, 6.07) is 9.96. The molecule has 3 nitrogen and oxygen atoms in total. The van der Waals surface area contributed by atoms with Crippen molar-refractivity contribution in [3.05, 3.63) is 35.9 Å². The first-order valence-electron chi connectivity index (χ1n) is 7.45. The highest BCUT2D eigenvalue weighted by atomic mass is 28.4. The minimum Gasteiger partial charge on any atom is -0.520 e. The molecule has 1 aromatic carbocycles. The van der Waals surface area contributed by atoms with Gasteiger partial charge in [0.15, 0.2) is 8.32 Å². The third-order valence-corrected chi connectivity index (χ3v) is 4.62. The van der Waals surface area contributed by atoms with Crippen LogP contribution in [0, 0.1) is 5.92 Å². The quantitative estimate of drug-likeness (QED) is 0.718. The molecule has 0 fully saturated rings. The minimum atomic E-state index is -1.88. The van der Waals surface area contributed by atoms with E-state index in [1.54, 1.807) is 0 Å². The second-order valence-electron chi connectivity index (χ2n) is 7.38. The Bertz CT molecular complexity index is 461. The first-order chi connectivity index (χ1) is 9.49. The molecule has 21 heavy (non-hydrogen) atoms. The Kier molecular flexibility index (Phi) is 5.95. The SMILES string of the molecule is C[C@H](C(=O)O[Si](C)(C)C)[C@@H](O[Si](C)(C)C)c1ccccc1. The summed E-state index contributed by atoms with van der Waals surface area (Å²) in [5, 5.41) is 0. The maximum Gasteiger partial charge on any atom is 0.298 e. The van der Waals surface area contributed by atoms with Crippen molar-refractivity contribution in [3.8, 4) is 0 Å². The van der Waals surface area contributed by atoms with Gasteiger partial charge in [-0.1, -0.05) is 30.3 Å². The standard InChI is InChI=1S/C16H28O3Si2/c1-13(16(17)19-21(5,6)7)15(18-20(2,3)4)14-11-9-8-10-12-14/h8-13,15H,1-7H3/t13-,15+/m0/s1. The number of benzene rings is 1. The van der Waals surface area contributed by atoms with Gasteiger partial charge in [0.25, 0.3) is 5.97 Å². The molecule has 0 amide bonds. The van der Waals surface area contributed by atoms with E-state index in [2.05, 4.69) is 19.6 Å². The van der Waals surface area contributed by atoms with E-state index >= 15 is 0 Å². The van der Waals surface area contributed by atoms with Crippen LogP contribution >= 0.6 is 0 Å². The highest BCUT2D eigenvalue weighted by Crippen LogP contribution is 2.31. The highest BCUT2D eigenvalue weighted by molar-refractivity contribution is 6.71. The van der Waals surface area contributed by atoms with Crippen molar-refractivity contribution in [1.82, 2.24) is 0 Å². The van der Waals surface area contributed by atoms with Gasteiger partial charge in [-0.25, -0.2) is 0 Å². The summed E-state index contributed by atoms with van der Waals surface area (Å²) < 4.78 is 11.9. The Balaban J connectivity index is 2.99. The van der Waals surface area contributed by atoms with Crippen LogP contribution in [0.15, 0.2) is 30.3 Å². The van der Waals surface area contributed by atoms with Crippen molar-refractivity contribution in [3.63, 3.8) is 0 Å². The fraction of sp³-hybridized carbons (Fsp3) is 0.562. The zero-order valence-corrected chi connectivity index (χ0v) is 16.3. The van der Waals surface area contributed by atoms with Gasteiger partial charge in [0, 0.05) is 0 Å². The molecule has 5 heteroatoms. The van der Waals surface area contributed by atoms with Crippen molar-refractivity contribution >= 4 is 22.6 Å². The van der Waals surface area contributed by atoms with E-state index in [0.29, 0.717) is 0 Å². The van der Waals surface area contributed by atoms with Crippen LogP contribution < -0.4 is 0 Å². The lowest BCUT2D eigenvalue weighted by Crippen LogP contribution is -2.37. The lowest BCUT2D eigenvalue weighted by molar-refractivity contribution is -0.142. The number of carbonyl (C=O) groups excluding carboxylic acids is 1. The molecule has 1 rings (SSSR count).